The number of aromatic nitrogens is 1. The van der Waals surface area contributed by atoms with E-state index in [4.69, 9.17) is 0 Å². The predicted octanol–water partition coefficient (Wildman–Crippen LogP) is 4.63. The molecule has 0 saturated carbocycles. The van der Waals surface area contributed by atoms with Crippen molar-refractivity contribution in [3.05, 3.63) is 65.5 Å². The summed E-state index contributed by atoms with van der Waals surface area (Å²) in [6.07, 6.45) is 2.75. The van der Waals surface area contributed by atoms with Crippen molar-refractivity contribution in [2.45, 2.75) is 37.1 Å². The van der Waals surface area contributed by atoms with Crippen molar-refractivity contribution in [3.8, 4) is 11.3 Å². The number of carbonyl (C=O) groups is 1. The summed E-state index contributed by atoms with van der Waals surface area (Å²) in [6, 6.07) is 15.9. The molecule has 4 rings (SSSR count). The molecule has 2 heterocycles. The highest BCUT2D eigenvalue weighted by Gasteiger charge is 2.31. The number of carbonyl (C=O) groups excluding carboxylic acids is 1. The van der Waals surface area contributed by atoms with E-state index in [0.29, 0.717) is 11.7 Å². The molecule has 1 unspecified atom stereocenters. The average Bonchev–Trinajstić information content (AvgIpc) is 3.23. The molecule has 156 valence electrons. The minimum absolute atomic E-state index is 0.0343. The second-order valence-electron chi connectivity index (χ2n) is 7.35. The minimum atomic E-state index is -3.63. The summed E-state index contributed by atoms with van der Waals surface area (Å²) >= 11 is 1.33. The van der Waals surface area contributed by atoms with Gasteiger partial charge in [0.2, 0.25) is 10.0 Å². The van der Waals surface area contributed by atoms with Gasteiger partial charge in [-0.3, -0.25) is 10.1 Å². The first-order chi connectivity index (χ1) is 14.4. The van der Waals surface area contributed by atoms with E-state index >= 15 is 0 Å². The van der Waals surface area contributed by atoms with Crippen LogP contribution in [0.25, 0.3) is 11.3 Å². The fourth-order valence-corrected chi connectivity index (χ4v) is 6.06. The SMILES string of the molecule is CC1CCCCN1S(=O)(=O)c1cccc(C(=O)Nc2nc(-c3ccccc3)cs2)c1. The van der Waals surface area contributed by atoms with Crippen molar-refractivity contribution in [1.82, 2.24) is 9.29 Å². The van der Waals surface area contributed by atoms with Crippen molar-refractivity contribution in [2.75, 3.05) is 11.9 Å². The van der Waals surface area contributed by atoms with Crippen LogP contribution in [0.5, 0.6) is 0 Å². The summed E-state index contributed by atoms with van der Waals surface area (Å²) in [5.41, 5.74) is 2.04. The molecule has 1 saturated heterocycles. The van der Waals surface area contributed by atoms with Gasteiger partial charge in [-0.15, -0.1) is 11.3 Å². The van der Waals surface area contributed by atoms with Gasteiger partial charge >= 0.3 is 0 Å². The zero-order valence-corrected chi connectivity index (χ0v) is 18.2. The molecule has 0 bridgehead atoms. The highest BCUT2D eigenvalue weighted by molar-refractivity contribution is 7.89. The molecule has 6 nitrogen and oxygen atoms in total. The summed E-state index contributed by atoms with van der Waals surface area (Å²) in [5, 5.41) is 5.12. The third kappa shape index (κ3) is 4.30. The maximum absolute atomic E-state index is 13.1. The van der Waals surface area contributed by atoms with E-state index in [-0.39, 0.29) is 22.4 Å². The Hall–Kier alpha value is -2.55. The van der Waals surface area contributed by atoms with E-state index in [0.717, 1.165) is 30.5 Å². The highest BCUT2D eigenvalue weighted by Crippen LogP contribution is 2.27. The van der Waals surface area contributed by atoms with Crippen LogP contribution in [0.1, 0.15) is 36.5 Å². The van der Waals surface area contributed by atoms with Gasteiger partial charge in [-0.25, -0.2) is 13.4 Å². The lowest BCUT2D eigenvalue weighted by Crippen LogP contribution is -2.41. The quantitative estimate of drug-likeness (QED) is 0.626. The molecule has 1 aliphatic rings. The first kappa shape index (κ1) is 20.7. The summed E-state index contributed by atoms with van der Waals surface area (Å²) in [5.74, 6) is -0.382. The highest BCUT2D eigenvalue weighted by atomic mass is 32.2. The lowest BCUT2D eigenvalue weighted by Gasteiger charge is -2.32. The van der Waals surface area contributed by atoms with E-state index in [9.17, 15) is 13.2 Å². The van der Waals surface area contributed by atoms with Crippen molar-refractivity contribution in [1.29, 1.82) is 0 Å². The maximum Gasteiger partial charge on any atom is 0.257 e. The monoisotopic (exact) mass is 441 g/mol. The Morgan fingerprint density at radius 3 is 2.70 bits per heavy atom. The number of sulfonamides is 1. The number of piperidine rings is 1. The third-order valence-corrected chi connectivity index (χ3v) is 8.01. The Kier molecular flexibility index (Phi) is 5.99. The number of amides is 1. The maximum atomic E-state index is 13.1. The Labute approximate surface area is 180 Å². The lowest BCUT2D eigenvalue weighted by atomic mass is 10.1. The van der Waals surface area contributed by atoms with Crippen LogP contribution in [0.3, 0.4) is 0 Å². The first-order valence-corrected chi connectivity index (χ1v) is 12.2. The molecule has 0 spiro atoms. The van der Waals surface area contributed by atoms with Crippen LogP contribution in [0.15, 0.2) is 64.9 Å². The number of hydrogen-bond donors (Lipinski definition) is 1. The molecule has 1 fully saturated rings. The van der Waals surface area contributed by atoms with Crippen molar-refractivity contribution >= 4 is 32.4 Å². The molecule has 1 aliphatic heterocycles. The fourth-order valence-electron chi connectivity index (χ4n) is 3.60. The molecule has 3 aromatic rings. The standard InChI is InChI=1S/C22H23N3O3S2/c1-16-8-5-6-13-25(16)30(27,28)19-12-7-11-18(14-19)21(26)24-22-23-20(15-29-22)17-9-3-2-4-10-17/h2-4,7,9-12,14-16H,5-6,8,13H2,1H3,(H,23,24,26). The van der Waals surface area contributed by atoms with Gasteiger partial charge in [0, 0.05) is 29.1 Å². The predicted molar refractivity (Wildman–Crippen MR) is 119 cm³/mol. The first-order valence-electron chi connectivity index (χ1n) is 9.89. The summed E-state index contributed by atoms with van der Waals surface area (Å²) < 4.78 is 27.7. The lowest BCUT2D eigenvalue weighted by molar-refractivity contribution is 0.102. The van der Waals surface area contributed by atoms with Crippen LogP contribution < -0.4 is 5.32 Å². The van der Waals surface area contributed by atoms with E-state index in [1.807, 2.05) is 42.6 Å². The summed E-state index contributed by atoms with van der Waals surface area (Å²) in [7, 11) is -3.63. The normalized spacial score (nSPS) is 17.6. The van der Waals surface area contributed by atoms with Gasteiger partial charge in [0.05, 0.1) is 10.6 Å². The molecule has 0 aliphatic carbocycles. The van der Waals surface area contributed by atoms with Crippen LogP contribution in [0, 0.1) is 0 Å². The summed E-state index contributed by atoms with van der Waals surface area (Å²) in [4.78, 5) is 17.3. The van der Waals surface area contributed by atoms with E-state index in [1.54, 1.807) is 22.5 Å². The molecule has 8 heteroatoms. The Bertz CT molecular complexity index is 1140. The van der Waals surface area contributed by atoms with Gasteiger partial charge in [-0.1, -0.05) is 42.8 Å². The topological polar surface area (TPSA) is 79.4 Å². The van der Waals surface area contributed by atoms with Gasteiger partial charge in [0.15, 0.2) is 5.13 Å². The second kappa shape index (κ2) is 8.67. The number of rotatable bonds is 5. The van der Waals surface area contributed by atoms with Gasteiger partial charge in [0.25, 0.3) is 5.91 Å². The van der Waals surface area contributed by atoms with E-state index in [2.05, 4.69) is 10.3 Å². The van der Waals surface area contributed by atoms with Gasteiger partial charge < -0.3 is 0 Å². The third-order valence-electron chi connectivity index (χ3n) is 5.24. The second-order valence-corrected chi connectivity index (χ2v) is 10.1. The van der Waals surface area contributed by atoms with Gasteiger partial charge in [0.1, 0.15) is 0 Å². The zero-order chi connectivity index (χ0) is 21.1. The van der Waals surface area contributed by atoms with Crippen molar-refractivity contribution in [2.24, 2.45) is 0 Å². The molecule has 2 aromatic carbocycles. The molecule has 0 radical (unpaired) electrons. The Morgan fingerprint density at radius 2 is 1.93 bits per heavy atom. The number of benzene rings is 2. The molecule has 1 aromatic heterocycles. The van der Waals surface area contributed by atoms with E-state index < -0.39 is 10.0 Å². The van der Waals surface area contributed by atoms with Gasteiger partial charge in [-0.05, 0) is 38.0 Å². The number of nitrogens with one attached hydrogen (secondary N) is 1. The molecular weight excluding hydrogens is 418 g/mol. The fraction of sp³-hybridized carbons (Fsp3) is 0.273. The zero-order valence-electron chi connectivity index (χ0n) is 16.6. The number of anilines is 1. The smallest absolute Gasteiger partial charge is 0.257 e. The van der Waals surface area contributed by atoms with Crippen LogP contribution in [0.4, 0.5) is 5.13 Å². The van der Waals surface area contributed by atoms with E-state index in [1.165, 1.54) is 17.4 Å². The van der Waals surface area contributed by atoms with Crippen molar-refractivity contribution < 1.29 is 13.2 Å². The summed E-state index contributed by atoms with van der Waals surface area (Å²) in [6.45, 7) is 2.45. The molecule has 1 N–H and O–H groups in total. The molecule has 30 heavy (non-hydrogen) atoms. The average molecular weight is 442 g/mol. The Morgan fingerprint density at radius 1 is 1.13 bits per heavy atom. The van der Waals surface area contributed by atoms with Crippen LogP contribution >= 0.6 is 11.3 Å². The minimum Gasteiger partial charge on any atom is -0.298 e. The molecular formula is C22H23N3O3S2. The number of hydrogen-bond acceptors (Lipinski definition) is 5. The largest absolute Gasteiger partial charge is 0.298 e. The van der Waals surface area contributed by atoms with Crippen molar-refractivity contribution in [3.63, 3.8) is 0 Å². The van der Waals surface area contributed by atoms with Crippen LogP contribution in [-0.2, 0) is 10.0 Å². The van der Waals surface area contributed by atoms with Gasteiger partial charge in [-0.2, -0.15) is 4.31 Å². The molecule has 1 atom stereocenters. The number of thiazole rings is 1. The number of nitrogens with zero attached hydrogens (tertiary/aromatic N) is 2. The van der Waals surface area contributed by atoms with Crippen LogP contribution in [-0.4, -0.2) is 36.2 Å². The molecule has 1 amide bonds. The Balaban J connectivity index is 1.53. The van der Waals surface area contributed by atoms with Crippen LogP contribution in [0.2, 0.25) is 0 Å².